The molecule has 1 heterocycles. The highest BCUT2D eigenvalue weighted by Crippen LogP contribution is 2.30. The zero-order valence-electron chi connectivity index (χ0n) is 12.0. The molecule has 1 aliphatic rings. The molecule has 0 atom stereocenters. The van der Waals surface area contributed by atoms with Gasteiger partial charge < -0.3 is 4.74 Å². The molecule has 0 aromatic heterocycles. The van der Waals surface area contributed by atoms with Crippen LogP contribution in [0.4, 0.5) is 0 Å². The third kappa shape index (κ3) is 2.76. The molecule has 2 N–H and O–H groups in total. The number of amides is 1. The average molecular weight is 282 g/mol. The molecule has 108 valence electrons. The number of carbonyl (C=O) groups is 1. The minimum absolute atomic E-state index is 0.0645. The summed E-state index contributed by atoms with van der Waals surface area (Å²) in [6.45, 7) is 3.34. The van der Waals surface area contributed by atoms with Crippen molar-refractivity contribution >= 4 is 22.8 Å². The zero-order chi connectivity index (χ0) is 14.7. The number of carbonyl (C=O) groups excluding carboxylic acids is 1. The number of ether oxygens (including phenoxy) is 1. The van der Waals surface area contributed by atoms with E-state index in [0.29, 0.717) is 13.2 Å². The summed E-state index contributed by atoms with van der Waals surface area (Å²) in [7, 11) is 0. The molecule has 0 saturated carbocycles. The van der Waals surface area contributed by atoms with E-state index in [1.807, 2.05) is 30.3 Å². The van der Waals surface area contributed by atoms with Gasteiger partial charge in [0.25, 0.3) is 5.91 Å². The van der Waals surface area contributed by atoms with E-state index in [1.54, 1.807) is 0 Å². The van der Waals surface area contributed by atoms with Crippen molar-refractivity contribution in [3.8, 4) is 5.75 Å². The molecule has 0 radical (unpaired) electrons. The Kier molecular flexibility index (Phi) is 3.88. The fourth-order valence-corrected chi connectivity index (χ4v) is 2.44. The van der Waals surface area contributed by atoms with Crippen molar-refractivity contribution < 1.29 is 9.53 Å². The van der Waals surface area contributed by atoms with E-state index in [9.17, 15) is 4.79 Å². The van der Waals surface area contributed by atoms with Gasteiger partial charge in [-0.1, -0.05) is 37.3 Å². The van der Waals surface area contributed by atoms with Crippen LogP contribution in [-0.4, -0.2) is 19.1 Å². The van der Waals surface area contributed by atoms with Gasteiger partial charge in [-0.2, -0.15) is 0 Å². The molecule has 1 amide bonds. The number of nitrogens with one attached hydrogen (secondary N) is 2. The van der Waals surface area contributed by atoms with Gasteiger partial charge in [-0.05, 0) is 29.5 Å². The predicted octanol–water partition coefficient (Wildman–Crippen LogP) is 2.65. The Morgan fingerprint density at radius 2 is 2.00 bits per heavy atom. The summed E-state index contributed by atoms with van der Waals surface area (Å²) in [4.78, 5) is 11.7. The zero-order valence-corrected chi connectivity index (χ0v) is 12.0. The van der Waals surface area contributed by atoms with Crippen molar-refractivity contribution in [3.05, 3.63) is 47.5 Å². The van der Waals surface area contributed by atoms with Crippen LogP contribution in [0.2, 0.25) is 0 Å². The van der Waals surface area contributed by atoms with Gasteiger partial charge >= 0.3 is 0 Å². The first kappa shape index (κ1) is 13.6. The van der Waals surface area contributed by atoms with Gasteiger partial charge in [0.15, 0.2) is 0 Å². The Morgan fingerprint density at radius 3 is 2.71 bits per heavy atom. The van der Waals surface area contributed by atoms with Crippen LogP contribution in [-0.2, 0) is 4.79 Å². The molecule has 1 saturated heterocycles. The van der Waals surface area contributed by atoms with Crippen LogP contribution in [0.25, 0.3) is 16.8 Å². The van der Waals surface area contributed by atoms with Gasteiger partial charge in [0.2, 0.25) is 0 Å². The predicted molar refractivity (Wildman–Crippen MR) is 83.9 cm³/mol. The summed E-state index contributed by atoms with van der Waals surface area (Å²) in [5.74, 6) is 0.828. The third-order valence-electron chi connectivity index (χ3n) is 3.48. The van der Waals surface area contributed by atoms with Crippen molar-refractivity contribution in [1.29, 1.82) is 0 Å². The number of rotatable bonds is 4. The van der Waals surface area contributed by atoms with E-state index < -0.39 is 0 Å². The number of hydrogen-bond donors (Lipinski definition) is 2. The Balaban J connectivity index is 2.06. The molecule has 4 nitrogen and oxygen atoms in total. The summed E-state index contributed by atoms with van der Waals surface area (Å²) < 4.78 is 5.80. The summed E-state index contributed by atoms with van der Waals surface area (Å²) in [6.07, 6.45) is 2.91. The standard InChI is InChI=1S/C17H18N2O2/c1-2-9-21-16-8-7-12(10-13-11-18-19-17(13)20)14-5-3-4-6-15(14)16/h3-8,10,18H,2,9,11H2,1H3,(H,19,20)/b13-10+. The van der Waals surface area contributed by atoms with Crippen LogP contribution in [0, 0.1) is 0 Å². The van der Waals surface area contributed by atoms with E-state index >= 15 is 0 Å². The second-order valence-electron chi connectivity index (χ2n) is 5.02. The Hall–Kier alpha value is -2.33. The minimum Gasteiger partial charge on any atom is -0.493 e. The van der Waals surface area contributed by atoms with Crippen LogP contribution >= 0.6 is 0 Å². The van der Waals surface area contributed by atoms with Gasteiger partial charge in [-0.15, -0.1) is 0 Å². The molecule has 0 spiro atoms. The lowest BCUT2D eigenvalue weighted by molar-refractivity contribution is -0.116. The maximum Gasteiger partial charge on any atom is 0.262 e. The van der Waals surface area contributed by atoms with Crippen molar-refractivity contribution in [2.75, 3.05) is 13.2 Å². The van der Waals surface area contributed by atoms with Gasteiger partial charge in [0.05, 0.1) is 6.61 Å². The van der Waals surface area contributed by atoms with E-state index in [2.05, 4.69) is 29.9 Å². The van der Waals surface area contributed by atoms with Crippen molar-refractivity contribution in [1.82, 2.24) is 10.9 Å². The lowest BCUT2D eigenvalue weighted by atomic mass is 10.0. The maximum atomic E-state index is 11.7. The topological polar surface area (TPSA) is 50.4 Å². The molecule has 0 aliphatic carbocycles. The molecule has 0 bridgehead atoms. The third-order valence-corrected chi connectivity index (χ3v) is 3.48. The van der Waals surface area contributed by atoms with Crippen molar-refractivity contribution in [3.63, 3.8) is 0 Å². The quantitative estimate of drug-likeness (QED) is 0.848. The van der Waals surface area contributed by atoms with E-state index in [1.165, 1.54) is 0 Å². The molecular formula is C17H18N2O2. The number of benzene rings is 2. The van der Waals surface area contributed by atoms with E-state index in [-0.39, 0.29) is 5.91 Å². The first-order valence-corrected chi connectivity index (χ1v) is 7.18. The fourth-order valence-electron chi connectivity index (χ4n) is 2.44. The Labute approximate surface area is 123 Å². The van der Waals surface area contributed by atoms with Crippen LogP contribution in [0.15, 0.2) is 42.0 Å². The molecule has 3 rings (SSSR count). The van der Waals surface area contributed by atoms with Crippen LogP contribution in [0.1, 0.15) is 18.9 Å². The molecular weight excluding hydrogens is 264 g/mol. The second-order valence-corrected chi connectivity index (χ2v) is 5.02. The highest BCUT2D eigenvalue weighted by atomic mass is 16.5. The lowest BCUT2D eigenvalue weighted by Crippen LogP contribution is -2.25. The molecule has 2 aromatic rings. The lowest BCUT2D eigenvalue weighted by Gasteiger charge is -2.10. The average Bonchev–Trinajstić information content (AvgIpc) is 2.92. The number of hydrogen-bond acceptors (Lipinski definition) is 3. The first-order valence-electron chi connectivity index (χ1n) is 7.18. The smallest absolute Gasteiger partial charge is 0.262 e. The molecule has 21 heavy (non-hydrogen) atoms. The van der Waals surface area contributed by atoms with Crippen LogP contribution < -0.4 is 15.6 Å². The monoisotopic (exact) mass is 282 g/mol. The summed E-state index contributed by atoms with van der Waals surface area (Å²) in [6, 6.07) is 12.1. The van der Waals surface area contributed by atoms with Crippen molar-refractivity contribution in [2.45, 2.75) is 13.3 Å². The van der Waals surface area contributed by atoms with Crippen molar-refractivity contribution in [2.24, 2.45) is 0 Å². The SMILES string of the molecule is CCCOc1ccc(/C=C2\CNNC2=O)c2ccccc12. The largest absolute Gasteiger partial charge is 0.493 e. The van der Waals surface area contributed by atoms with Gasteiger partial charge in [-0.25, -0.2) is 5.43 Å². The van der Waals surface area contributed by atoms with Crippen LogP contribution in [0.3, 0.4) is 0 Å². The summed E-state index contributed by atoms with van der Waals surface area (Å²) >= 11 is 0. The molecule has 1 aliphatic heterocycles. The van der Waals surface area contributed by atoms with Gasteiger partial charge in [0.1, 0.15) is 5.75 Å². The van der Waals surface area contributed by atoms with Gasteiger partial charge in [-0.3, -0.25) is 10.2 Å². The maximum absolute atomic E-state index is 11.7. The second kappa shape index (κ2) is 5.97. The summed E-state index contributed by atoms with van der Waals surface area (Å²) in [5, 5.41) is 2.17. The molecule has 0 unspecified atom stereocenters. The van der Waals surface area contributed by atoms with Gasteiger partial charge in [0, 0.05) is 17.5 Å². The normalized spacial score (nSPS) is 16.4. The van der Waals surface area contributed by atoms with E-state index in [4.69, 9.17) is 4.74 Å². The molecule has 2 aromatic carbocycles. The number of fused-ring (bicyclic) bond motifs is 1. The van der Waals surface area contributed by atoms with Crippen LogP contribution in [0.5, 0.6) is 5.75 Å². The Bertz CT molecular complexity index is 707. The Morgan fingerprint density at radius 1 is 1.19 bits per heavy atom. The van der Waals surface area contributed by atoms with E-state index in [0.717, 1.165) is 34.1 Å². The summed E-state index contributed by atoms with van der Waals surface area (Å²) in [5.41, 5.74) is 7.20. The molecule has 4 heteroatoms. The minimum atomic E-state index is -0.0645. The first-order chi connectivity index (χ1) is 10.3. The number of hydrazine groups is 1. The highest BCUT2D eigenvalue weighted by molar-refractivity contribution is 6.03. The molecule has 1 fully saturated rings. The fraction of sp³-hybridized carbons (Fsp3) is 0.235. The highest BCUT2D eigenvalue weighted by Gasteiger charge is 2.16.